The van der Waals surface area contributed by atoms with Gasteiger partial charge in [0.2, 0.25) is 0 Å². The molecule has 0 aromatic heterocycles. The van der Waals surface area contributed by atoms with Crippen molar-refractivity contribution in [2.45, 2.75) is 44.7 Å². The predicted octanol–water partition coefficient (Wildman–Crippen LogP) is 0.562. The maximum Gasteiger partial charge on any atom is 0.311 e. The van der Waals surface area contributed by atoms with E-state index in [1.807, 2.05) is 0 Å². The normalized spacial score (nSPS) is 39.9. The molecule has 7 heteroatoms. The second kappa shape index (κ2) is 5.75. The van der Waals surface area contributed by atoms with Crippen LogP contribution in [0.1, 0.15) is 32.6 Å². The molecule has 1 saturated heterocycles. The molecule has 118 valence electrons. The van der Waals surface area contributed by atoms with Crippen LogP contribution in [0.15, 0.2) is 11.6 Å². The predicted molar refractivity (Wildman–Crippen MR) is 70.0 cm³/mol. The van der Waals surface area contributed by atoms with E-state index in [1.54, 1.807) is 13.0 Å². The van der Waals surface area contributed by atoms with E-state index in [0.717, 1.165) is 0 Å². The van der Waals surface area contributed by atoms with Gasteiger partial charge in [-0.25, -0.2) is 0 Å². The van der Waals surface area contributed by atoms with E-state index < -0.39 is 35.9 Å². The van der Waals surface area contributed by atoms with E-state index in [4.69, 9.17) is 4.74 Å². The van der Waals surface area contributed by atoms with Gasteiger partial charge in [0.15, 0.2) is 12.1 Å². The Balaban J connectivity index is 2.15. The van der Waals surface area contributed by atoms with E-state index in [-0.39, 0.29) is 25.2 Å². The molecule has 0 amide bonds. The van der Waals surface area contributed by atoms with Crippen LogP contribution in [0.4, 0.5) is 0 Å². The monoisotopic (exact) mass is 300 g/mol. The summed E-state index contributed by atoms with van der Waals surface area (Å²) in [7, 11) is 0. The molecule has 5 unspecified atom stereocenters. The second-order valence-electron chi connectivity index (χ2n) is 5.93. The third-order valence-corrected chi connectivity index (χ3v) is 4.25. The number of aliphatic hydroxyl groups excluding tert-OH is 1. The molecule has 0 bridgehead atoms. The average Bonchev–Trinajstić information content (AvgIpc) is 2.67. The van der Waals surface area contributed by atoms with Crippen LogP contribution in [0.3, 0.4) is 0 Å². The Kier molecular flexibility index (Phi) is 4.36. The van der Waals surface area contributed by atoms with Gasteiger partial charge < -0.3 is 25.2 Å². The van der Waals surface area contributed by atoms with E-state index in [0.29, 0.717) is 12.0 Å². The molecular formula is C14H20O7. The molecule has 0 radical (unpaired) electrons. The lowest BCUT2D eigenvalue weighted by molar-refractivity contribution is -0.242. The number of carbonyl (C=O) groups is 2. The Morgan fingerprint density at radius 3 is 2.52 bits per heavy atom. The van der Waals surface area contributed by atoms with Crippen molar-refractivity contribution in [2.75, 3.05) is 0 Å². The van der Waals surface area contributed by atoms with Gasteiger partial charge in [0.25, 0.3) is 0 Å². The lowest BCUT2D eigenvalue weighted by Gasteiger charge is -2.33. The number of allylic oxidation sites excluding steroid dienone is 1. The smallest absolute Gasteiger partial charge is 0.311 e. The summed E-state index contributed by atoms with van der Waals surface area (Å²) in [4.78, 5) is 22.5. The summed E-state index contributed by atoms with van der Waals surface area (Å²) in [6, 6.07) is 0. The van der Waals surface area contributed by atoms with Crippen LogP contribution in [-0.2, 0) is 14.3 Å². The number of aliphatic carboxylic acids is 2. The van der Waals surface area contributed by atoms with E-state index in [1.165, 1.54) is 0 Å². The van der Waals surface area contributed by atoms with Crippen molar-refractivity contribution in [1.82, 2.24) is 0 Å². The lowest BCUT2D eigenvalue weighted by Crippen LogP contribution is -2.38. The van der Waals surface area contributed by atoms with Crippen LogP contribution >= 0.6 is 0 Å². The number of hydrogen-bond donors (Lipinski definition) is 4. The molecule has 1 aliphatic carbocycles. The molecule has 0 aromatic rings. The van der Waals surface area contributed by atoms with Crippen molar-refractivity contribution in [1.29, 1.82) is 0 Å². The second-order valence-corrected chi connectivity index (χ2v) is 5.93. The maximum atomic E-state index is 11.3. The van der Waals surface area contributed by atoms with Crippen molar-refractivity contribution in [3.8, 4) is 0 Å². The van der Waals surface area contributed by atoms with Crippen LogP contribution in [0.2, 0.25) is 0 Å². The molecule has 2 rings (SSSR count). The van der Waals surface area contributed by atoms with Gasteiger partial charge in [-0.3, -0.25) is 9.59 Å². The maximum absolute atomic E-state index is 11.3. The summed E-state index contributed by atoms with van der Waals surface area (Å²) in [5.41, 5.74) is 0.480. The van der Waals surface area contributed by atoms with Crippen molar-refractivity contribution >= 4 is 11.9 Å². The fourth-order valence-corrected chi connectivity index (χ4v) is 3.36. The Morgan fingerprint density at radius 2 is 2.05 bits per heavy atom. The molecular weight excluding hydrogens is 280 g/mol. The molecule has 5 atom stereocenters. The minimum Gasteiger partial charge on any atom is -0.481 e. The average molecular weight is 300 g/mol. The highest BCUT2D eigenvalue weighted by Gasteiger charge is 2.44. The van der Waals surface area contributed by atoms with E-state index in [2.05, 4.69) is 0 Å². The third kappa shape index (κ3) is 3.42. The van der Waals surface area contributed by atoms with Crippen molar-refractivity contribution < 1.29 is 34.8 Å². The number of rotatable bonds is 4. The highest BCUT2D eigenvalue weighted by atomic mass is 16.7. The minimum absolute atomic E-state index is 0.130. The van der Waals surface area contributed by atoms with Gasteiger partial charge in [0.05, 0.1) is 11.8 Å². The molecule has 0 aromatic carbocycles. The van der Waals surface area contributed by atoms with Crippen molar-refractivity contribution in [3.63, 3.8) is 0 Å². The van der Waals surface area contributed by atoms with Crippen LogP contribution in [0, 0.1) is 17.8 Å². The zero-order valence-electron chi connectivity index (χ0n) is 11.7. The Morgan fingerprint density at radius 1 is 1.38 bits per heavy atom. The largest absolute Gasteiger partial charge is 0.481 e. The van der Waals surface area contributed by atoms with Gasteiger partial charge in [0.1, 0.15) is 0 Å². The molecule has 1 aliphatic heterocycles. The molecule has 4 N–H and O–H groups in total. The zero-order chi connectivity index (χ0) is 15.8. The van der Waals surface area contributed by atoms with E-state index >= 15 is 0 Å². The molecule has 1 fully saturated rings. The van der Waals surface area contributed by atoms with Crippen molar-refractivity contribution in [2.24, 2.45) is 17.8 Å². The number of carboxylic acid groups (broad SMARTS) is 2. The molecule has 0 saturated carbocycles. The first-order valence-electron chi connectivity index (χ1n) is 6.94. The SMILES string of the molecule is CC1=CC(CC2(O)CCC(O)O2)CC(C(=O)O)C1C(=O)O. The van der Waals surface area contributed by atoms with Gasteiger partial charge in [-0.05, 0) is 19.3 Å². The first kappa shape index (κ1) is 15.9. The summed E-state index contributed by atoms with van der Waals surface area (Å²) >= 11 is 0. The van der Waals surface area contributed by atoms with Gasteiger partial charge in [-0.1, -0.05) is 11.6 Å². The molecule has 1 heterocycles. The summed E-state index contributed by atoms with van der Waals surface area (Å²) in [5.74, 6) is -6.13. The number of ether oxygens (including phenoxy) is 1. The Hall–Kier alpha value is -1.44. The molecule has 0 spiro atoms. The number of carboxylic acids is 2. The van der Waals surface area contributed by atoms with Crippen LogP contribution < -0.4 is 0 Å². The zero-order valence-corrected chi connectivity index (χ0v) is 11.7. The quantitative estimate of drug-likeness (QED) is 0.559. The third-order valence-electron chi connectivity index (χ3n) is 4.25. The molecule has 21 heavy (non-hydrogen) atoms. The summed E-state index contributed by atoms with van der Waals surface area (Å²) in [6.45, 7) is 1.59. The van der Waals surface area contributed by atoms with Gasteiger partial charge >= 0.3 is 11.9 Å². The van der Waals surface area contributed by atoms with E-state index in [9.17, 15) is 30.0 Å². The van der Waals surface area contributed by atoms with Crippen LogP contribution in [0.25, 0.3) is 0 Å². The molecule has 2 aliphatic rings. The van der Waals surface area contributed by atoms with Gasteiger partial charge in [-0.15, -0.1) is 0 Å². The van der Waals surface area contributed by atoms with Crippen molar-refractivity contribution in [3.05, 3.63) is 11.6 Å². The fraction of sp³-hybridized carbons (Fsp3) is 0.714. The first-order chi connectivity index (χ1) is 9.72. The number of aliphatic hydroxyl groups is 2. The fourth-order valence-electron chi connectivity index (χ4n) is 3.36. The van der Waals surface area contributed by atoms with Gasteiger partial charge in [-0.2, -0.15) is 0 Å². The summed E-state index contributed by atoms with van der Waals surface area (Å²) in [5, 5.41) is 38.0. The van der Waals surface area contributed by atoms with Crippen LogP contribution in [0.5, 0.6) is 0 Å². The standard InChI is InChI=1S/C14H20O7/c1-7-4-8(6-14(20)3-2-10(15)21-14)5-9(12(16)17)11(7)13(18)19/h4,8-11,15,20H,2-3,5-6H2,1H3,(H,16,17)(H,18,19). The Labute approximate surface area is 121 Å². The first-order valence-corrected chi connectivity index (χ1v) is 6.94. The summed E-state index contributed by atoms with van der Waals surface area (Å²) in [6.07, 6.45) is 1.57. The minimum atomic E-state index is -1.47. The molecule has 7 nitrogen and oxygen atoms in total. The highest BCUT2D eigenvalue weighted by molar-refractivity contribution is 5.82. The van der Waals surface area contributed by atoms with Crippen LogP contribution in [-0.4, -0.2) is 44.4 Å². The topological polar surface area (TPSA) is 124 Å². The number of hydrogen-bond acceptors (Lipinski definition) is 5. The lowest BCUT2D eigenvalue weighted by atomic mass is 9.73. The Bertz CT molecular complexity index is 472. The highest BCUT2D eigenvalue weighted by Crippen LogP contribution is 2.40. The summed E-state index contributed by atoms with van der Waals surface area (Å²) < 4.78 is 5.07. The van der Waals surface area contributed by atoms with Gasteiger partial charge in [0, 0.05) is 19.3 Å².